The van der Waals surface area contributed by atoms with E-state index in [-0.39, 0.29) is 11.3 Å². The van der Waals surface area contributed by atoms with Crippen LogP contribution in [-0.4, -0.2) is 22.0 Å². The van der Waals surface area contributed by atoms with Crippen molar-refractivity contribution in [2.45, 2.75) is 13.8 Å². The summed E-state index contributed by atoms with van der Waals surface area (Å²) in [7, 11) is 0. The first kappa shape index (κ1) is 13.7. The summed E-state index contributed by atoms with van der Waals surface area (Å²) in [6.45, 7) is 3.13. The van der Waals surface area contributed by atoms with Crippen LogP contribution in [0.5, 0.6) is 0 Å². The number of para-hydroxylation sites is 1. The number of hydrogen-bond acceptors (Lipinski definition) is 4. The van der Waals surface area contributed by atoms with E-state index in [0.717, 1.165) is 6.07 Å². The van der Waals surface area contributed by atoms with Crippen molar-refractivity contribution < 1.29 is 23.5 Å². The molecular formula is C13H11FN2O4. The summed E-state index contributed by atoms with van der Waals surface area (Å²) in [6.07, 6.45) is 0. The van der Waals surface area contributed by atoms with Gasteiger partial charge in [-0.05, 0) is 19.1 Å². The molecule has 0 atom stereocenters. The Morgan fingerprint density at radius 3 is 2.60 bits per heavy atom. The lowest BCUT2D eigenvalue weighted by molar-refractivity contribution is 0.0697. The smallest absolute Gasteiger partial charge is 0.337 e. The Bertz CT molecular complexity index is 694. The summed E-state index contributed by atoms with van der Waals surface area (Å²) in [5, 5.41) is 11.2. The quantitative estimate of drug-likeness (QED) is 0.899. The maximum atomic E-state index is 13.7. The molecule has 1 aromatic heterocycles. The number of halogens is 1. The molecule has 1 amide bonds. The highest BCUT2D eigenvalue weighted by atomic mass is 19.1. The Morgan fingerprint density at radius 1 is 1.35 bits per heavy atom. The molecule has 6 nitrogen and oxygen atoms in total. The van der Waals surface area contributed by atoms with E-state index < -0.39 is 23.4 Å². The minimum Gasteiger partial charge on any atom is -0.478 e. The standard InChI is InChI=1S/C13H11FN2O4/c1-6-11(20-7(2)15-6)12(17)16-10-8(13(18)19)4-3-5-9(10)14/h3-5H,1-2H3,(H,16,17)(H,18,19). The van der Waals surface area contributed by atoms with Crippen molar-refractivity contribution in [2.24, 2.45) is 0 Å². The Kier molecular flexibility index (Phi) is 3.51. The number of hydrogen-bond donors (Lipinski definition) is 2. The number of aromatic carboxylic acids is 1. The fraction of sp³-hybridized carbons (Fsp3) is 0.154. The molecule has 0 fully saturated rings. The number of nitrogens with one attached hydrogen (secondary N) is 1. The van der Waals surface area contributed by atoms with E-state index in [0.29, 0.717) is 11.6 Å². The van der Waals surface area contributed by atoms with Gasteiger partial charge in [0.15, 0.2) is 5.89 Å². The lowest BCUT2D eigenvalue weighted by Gasteiger charge is -2.08. The van der Waals surface area contributed by atoms with Crippen molar-refractivity contribution in [3.05, 3.63) is 46.9 Å². The summed E-state index contributed by atoms with van der Waals surface area (Å²) in [5.74, 6) is -2.73. The highest BCUT2D eigenvalue weighted by molar-refractivity contribution is 6.06. The van der Waals surface area contributed by atoms with Crippen LogP contribution in [0.4, 0.5) is 10.1 Å². The van der Waals surface area contributed by atoms with E-state index in [1.807, 2.05) is 0 Å². The zero-order valence-corrected chi connectivity index (χ0v) is 10.7. The van der Waals surface area contributed by atoms with Crippen molar-refractivity contribution in [1.82, 2.24) is 4.98 Å². The lowest BCUT2D eigenvalue weighted by Crippen LogP contribution is -2.16. The van der Waals surface area contributed by atoms with Gasteiger partial charge in [0.25, 0.3) is 5.91 Å². The van der Waals surface area contributed by atoms with Crippen LogP contribution in [0.25, 0.3) is 0 Å². The molecule has 0 bridgehead atoms. The molecule has 0 unspecified atom stereocenters. The molecule has 0 spiro atoms. The third-order valence-electron chi connectivity index (χ3n) is 2.59. The summed E-state index contributed by atoms with van der Waals surface area (Å²) in [5.41, 5.74) is -0.404. The second kappa shape index (κ2) is 5.12. The highest BCUT2D eigenvalue weighted by Gasteiger charge is 2.21. The topological polar surface area (TPSA) is 92.4 Å². The third kappa shape index (κ3) is 2.51. The SMILES string of the molecule is Cc1nc(C)c(C(=O)Nc2c(F)cccc2C(=O)O)o1. The van der Waals surface area contributed by atoms with E-state index >= 15 is 0 Å². The number of carboxylic acid groups (broad SMARTS) is 1. The molecule has 0 aliphatic rings. The molecule has 20 heavy (non-hydrogen) atoms. The number of benzene rings is 1. The van der Waals surface area contributed by atoms with Gasteiger partial charge in [-0.25, -0.2) is 14.2 Å². The molecule has 2 rings (SSSR count). The summed E-state index contributed by atoms with van der Waals surface area (Å²) in [4.78, 5) is 26.9. The number of rotatable bonds is 3. The first-order valence-corrected chi connectivity index (χ1v) is 5.67. The van der Waals surface area contributed by atoms with Crippen molar-refractivity contribution >= 4 is 17.6 Å². The van der Waals surface area contributed by atoms with Crippen LogP contribution in [0.1, 0.15) is 32.5 Å². The molecule has 1 heterocycles. The predicted octanol–water partition coefficient (Wildman–Crippen LogP) is 2.38. The number of carboxylic acids is 1. The third-order valence-corrected chi connectivity index (χ3v) is 2.59. The molecule has 104 valence electrons. The van der Waals surface area contributed by atoms with E-state index in [9.17, 15) is 14.0 Å². The molecule has 0 aliphatic heterocycles. The number of oxazole rings is 1. The van der Waals surface area contributed by atoms with Crippen LogP contribution in [0.15, 0.2) is 22.6 Å². The number of aromatic nitrogens is 1. The van der Waals surface area contributed by atoms with E-state index in [2.05, 4.69) is 10.3 Å². The summed E-state index contributed by atoms with van der Waals surface area (Å²) >= 11 is 0. The van der Waals surface area contributed by atoms with Gasteiger partial charge in [-0.15, -0.1) is 0 Å². The van der Waals surface area contributed by atoms with Gasteiger partial charge in [0.1, 0.15) is 5.82 Å². The van der Waals surface area contributed by atoms with E-state index in [1.54, 1.807) is 13.8 Å². The molecule has 1 aromatic carbocycles. The number of carbonyl (C=O) groups excluding carboxylic acids is 1. The minimum absolute atomic E-state index is 0.0814. The highest BCUT2D eigenvalue weighted by Crippen LogP contribution is 2.21. The zero-order valence-electron chi connectivity index (χ0n) is 10.7. The number of anilines is 1. The van der Waals surface area contributed by atoms with Crippen LogP contribution in [0.3, 0.4) is 0 Å². The van der Waals surface area contributed by atoms with Gasteiger partial charge in [-0.1, -0.05) is 6.07 Å². The fourth-order valence-corrected chi connectivity index (χ4v) is 1.74. The van der Waals surface area contributed by atoms with Gasteiger partial charge in [-0.3, -0.25) is 4.79 Å². The normalized spacial score (nSPS) is 10.3. The molecular weight excluding hydrogens is 267 g/mol. The average Bonchev–Trinajstić information content (AvgIpc) is 2.70. The molecule has 0 saturated carbocycles. The van der Waals surface area contributed by atoms with E-state index in [1.165, 1.54) is 12.1 Å². The fourth-order valence-electron chi connectivity index (χ4n) is 1.74. The molecule has 0 aliphatic carbocycles. The van der Waals surface area contributed by atoms with Gasteiger partial charge in [0.2, 0.25) is 5.76 Å². The number of carbonyl (C=O) groups is 2. The van der Waals surface area contributed by atoms with Crippen molar-refractivity contribution in [1.29, 1.82) is 0 Å². The van der Waals surface area contributed by atoms with Crippen molar-refractivity contribution in [2.75, 3.05) is 5.32 Å². The average molecular weight is 278 g/mol. The van der Waals surface area contributed by atoms with Crippen LogP contribution in [-0.2, 0) is 0 Å². The summed E-state index contributed by atoms with van der Waals surface area (Å²) in [6, 6.07) is 3.50. The number of amides is 1. The largest absolute Gasteiger partial charge is 0.478 e. The molecule has 0 saturated heterocycles. The van der Waals surface area contributed by atoms with Crippen molar-refractivity contribution in [3.63, 3.8) is 0 Å². The van der Waals surface area contributed by atoms with Crippen LogP contribution in [0, 0.1) is 19.7 Å². The summed E-state index contributed by atoms with van der Waals surface area (Å²) < 4.78 is 18.8. The predicted molar refractivity (Wildman–Crippen MR) is 67.3 cm³/mol. The van der Waals surface area contributed by atoms with Crippen LogP contribution >= 0.6 is 0 Å². The lowest BCUT2D eigenvalue weighted by atomic mass is 10.1. The Morgan fingerprint density at radius 2 is 2.05 bits per heavy atom. The minimum atomic E-state index is -1.34. The molecule has 2 aromatic rings. The second-order valence-corrected chi connectivity index (χ2v) is 4.07. The Hall–Kier alpha value is -2.70. The number of nitrogens with zero attached hydrogens (tertiary/aromatic N) is 1. The first-order chi connectivity index (χ1) is 9.40. The maximum Gasteiger partial charge on any atom is 0.337 e. The van der Waals surface area contributed by atoms with Crippen LogP contribution in [0.2, 0.25) is 0 Å². The molecule has 2 N–H and O–H groups in total. The molecule has 7 heteroatoms. The van der Waals surface area contributed by atoms with Crippen LogP contribution < -0.4 is 5.32 Å². The van der Waals surface area contributed by atoms with E-state index in [4.69, 9.17) is 9.52 Å². The maximum absolute atomic E-state index is 13.7. The zero-order chi connectivity index (χ0) is 14.9. The second-order valence-electron chi connectivity index (χ2n) is 4.07. The Labute approximate surface area is 113 Å². The van der Waals surface area contributed by atoms with Gasteiger partial charge >= 0.3 is 5.97 Å². The van der Waals surface area contributed by atoms with Gasteiger partial charge in [0, 0.05) is 6.92 Å². The monoisotopic (exact) mass is 278 g/mol. The van der Waals surface area contributed by atoms with Gasteiger partial charge in [-0.2, -0.15) is 0 Å². The van der Waals surface area contributed by atoms with Gasteiger partial charge < -0.3 is 14.8 Å². The van der Waals surface area contributed by atoms with Gasteiger partial charge in [0.05, 0.1) is 16.9 Å². The molecule has 0 radical (unpaired) electrons. The van der Waals surface area contributed by atoms with Crippen molar-refractivity contribution in [3.8, 4) is 0 Å². The first-order valence-electron chi connectivity index (χ1n) is 5.67. The number of aryl methyl sites for hydroxylation is 2. The Balaban J connectivity index is 2.37.